The molecule has 2 aliphatic heterocycles. The van der Waals surface area contributed by atoms with Crippen LogP contribution in [0.4, 0.5) is 5.69 Å². The van der Waals surface area contributed by atoms with Crippen molar-refractivity contribution in [2.24, 2.45) is 16.8 Å². The average molecular weight is 426 g/mol. The summed E-state index contributed by atoms with van der Waals surface area (Å²) >= 11 is 6.06. The monoisotopic (exact) mass is 425 g/mol. The Hall–Kier alpha value is -1.85. The molecule has 2 aliphatic rings. The summed E-state index contributed by atoms with van der Waals surface area (Å²) in [6.07, 6.45) is 3.41. The third kappa shape index (κ3) is 5.83. The van der Waals surface area contributed by atoms with Crippen LogP contribution in [0.3, 0.4) is 0 Å². The normalized spacial score (nSPS) is 27.6. The van der Waals surface area contributed by atoms with Crippen molar-refractivity contribution in [2.75, 3.05) is 38.5 Å². The van der Waals surface area contributed by atoms with Crippen LogP contribution in [0.15, 0.2) is 23.6 Å². The minimum atomic E-state index is -1.22. The molecule has 0 aliphatic carbocycles. The number of likely N-dealkylation sites (N-methyl/N-ethyl adjacent to an activating group) is 1. The first-order valence-electron chi connectivity index (χ1n) is 9.77. The minimum absolute atomic E-state index is 0.0313. The maximum atomic E-state index is 13.0. The van der Waals surface area contributed by atoms with E-state index < -0.39 is 24.2 Å². The van der Waals surface area contributed by atoms with E-state index in [9.17, 15) is 9.70 Å². The number of amides is 1. The van der Waals surface area contributed by atoms with Gasteiger partial charge in [0, 0.05) is 31.9 Å². The van der Waals surface area contributed by atoms with E-state index >= 15 is 0 Å². The Kier molecular flexibility index (Phi) is 7.73. The van der Waals surface area contributed by atoms with Gasteiger partial charge in [-0.1, -0.05) is 5.18 Å². The van der Waals surface area contributed by atoms with Crippen LogP contribution >= 0.6 is 11.6 Å². The van der Waals surface area contributed by atoms with Gasteiger partial charge in [0.1, 0.15) is 23.5 Å². The smallest absolute Gasteiger partial charge is 0.234 e. The third-order valence-electron chi connectivity index (χ3n) is 5.18. The molecule has 3 heterocycles. The van der Waals surface area contributed by atoms with Gasteiger partial charge >= 0.3 is 0 Å². The number of rotatable bonds is 7. The molecule has 10 nitrogen and oxygen atoms in total. The molecule has 0 saturated carbocycles. The summed E-state index contributed by atoms with van der Waals surface area (Å²) in [6, 6.07) is 1.71. The van der Waals surface area contributed by atoms with E-state index in [1.165, 1.54) is 6.20 Å². The summed E-state index contributed by atoms with van der Waals surface area (Å²) in [4.78, 5) is 30.4. The van der Waals surface area contributed by atoms with E-state index in [4.69, 9.17) is 22.1 Å². The van der Waals surface area contributed by atoms with Gasteiger partial charge in [0.2, 0.25) is 5.91 Å². The second kappa shape index (κ2) is 10.3. The minimum Gasteiger partial charge on any atom is -0.487 e. The van der Waals surface area contributed by atoms with Gasteiger partial charge in [0.05, 0.1) is 17.7 Å². The fourth-order valence-electron chi connectivity index (χ4n) is 3.67. The highest BCUT2D eigenvalue weighted by Gasteiger charge is 2.37. The molecule has 0 radical (unpaired) electrons. The number of likely N-dealkylation sites (tertiary alicyclic amines) is 1. The lowest BCUT2D eigenvalue weighted by molar-refractivity contribution is -0.121. The Morgan fingerprint density at radius 3 is 2.93 bits per heavy atom. The van der Waals surface area contributed by atoms with Gasteiger partial charge in [0.15, 0.2) is 6.17 Å². The molecule has 1 aromatic rings. The maximum absolute atomic E-state index is 13.0. The summed E-state index contributed by atoms with van der Waals surface area (Å²) < 4.78 is 6.12. The zero-order valence-corrected chi connectivity index (χ0v) is 17.1. The fraction of sp³-hybridized carbons (Fsp3) is 0.667. The summed E-state index contributed by atoms with van der Waals surface area (Å²) in [5.41, 5.74) is 6.27. The molecule has 160 valence electrons. The largest absolute Gasteiger partial charge is 0.487 e. The van der Waals surface area contributed by atoms with Crippen LogP contribution in [-0.2, 0) is 4.79 Å². The highest BCUT2D eigenvalue weighted by molar-refractivity contribution is 6.21. The van der Waals surface area contributed by atoms with Gasteiger partial charge in [-0.3, -0.25) is 20.4 Å². The van der Waals surface area contributed by atoms with Crippen molar-refractivity contribution in [3.63, 3.8) is 0 Å². The number of ether oxygens (including phenoxy) is 1. The Bertz CT molecular complexity index is 702. The van der Waals surface area contributed by atoms with E-state index in [1.54, 1.807) is 12.3 Å². The van der Waals surface area contributed by atoms with E-state index in [1.807, 2.05) is 0 Å². The molecule has 1 aromatic heterocycles. The lowest BCUT2D eigenvalue weighted by Crippen LogP contribution is -2.62. The lowest BCUT2D eigenvalue weighted by Gasteiger charge is -2.34. The molecule has 3 atom stereocenters. The average Bonchev–Trinajstić information content (AvgIpc) is 2.71. The Morgan fingerprint density at radius 2 is 2.24 bits per heavy atom. The van der Waals surface area contributed by atoms with Gasteiger partial charge < -0.3 is 20.7 Å². The summed E-state index contributed by atoms with van der Waals surface area (Å²) in [6.45, 7) is 2.84. The number of nitrogens with zero attached hydrogens (tertiary/aromatic N) is 3. The summed E-state index contributed by atoms with van der Waals surface area (Å²) in [5.74, 6) is -0.843. The molecule has 2 saturated heterocycles. The zero-order valence-electron chi connectivity index (χ0n) is 16.4. The molecule has 2 fully saturated rings. The summed E-state index contributed by atoms with van der Waals surface area (Å²) in [5, 5.41) is 11.8. The molecule has 3 unspecified atom stereocenters. The van der Waals surface area contributed by atoms with Crippen LogP contribution in [0.5, 0.6) is 5.75 Å². The first-order chi connectivity index (χ1) is 14.0. The van der Waals surface area contributed by atoms with Gasteiger partial charge in [0.25, 0.3) is 0 Å². The number of nitrogens with one attached hydrogen (secondary N) is 3. The number of anilines is 1. The van der Waals surface area contributed by atoms with Crippen molar-refractivity contribution in [3.8, 4) is 5.75 Å². The molecule has 0 bridgehead atoms. The third-order valence-corrected chi connectivity index (χ3v) is 5.49. The second-order valence-electron chi connectivity index (χ2n) is 7.52. The number of pyridine rings is 1. The Morgan fingerprint density at radius 1 is 1.48 bits per heavy atom. The Balaban J connectivity index is 1.71. The van der Waals surface area contributed by atoms with Gasteiger partial charge in [-0.05, 0) is 26.4 Å². The number of piperidine rings is 1. The fourth-order valence-corrected chi connectivity index (χ4v) is 3.84. The van der Waals surface area contributed by atoms with Gasteiger partial charge in [-0.25, -0.2) is 0 Å². The van der Waals surface area contributed by atoms with Crippen molar-refractivity contribution in [3.05, 3.63) is 23.4 Å². The number of nitrogens with two attached hydrogens (primary N) is 1. The van der Waals surface area contributed by atoms with Gasteiger partial charge in [-0.2, -0.15) is 0 Å². The van der Waals surface area contributed by atoms with E-state index in [-0.39, 0.29) is 11.5 Å². The molecular weight excluding hydrogens is 398 g/mol. The topological polar surface area (TPSA) is 134 Å². The van der Waals surface area contributed by atoms with Crippen molar-refractivity contribution < 1.29 is 9.53 Å². The van der Waals surface area contributed by atoms with Crippen LogP contribution in [0.1, 0.15) is 12.8 Å². The SMILES string of the molecule is CN1CCCC(Oc2ccncc2NC(=O)C(C(N)N=O)C2NCC(Cl)CN2)C1. The van der Waals surface area contributed by atoms with Crippen LogP contribution in [0.2, 0.25) is 0 Å². The zero-order chi connectivity index (χ0) is 20.8. The Labute approximate surface area is 174 Å². The van der Waals surface area contributed by atoms with Crippen molar-refractivity contribution in [1.82, 2.24) is 20.5 Å². The molecule has 11 heteroatoms. The predicted octanol–water partition coefficient (Wildman–Crippen LogP) is 0.287. The van der Waals surface area contributed by atoms with Crippen LogP contribution in [-0.4, -0.2) is 72.8 Å². The highest BCUT2D eigenvalue weighted by atomic mass is 35.5. The van der Waals surface area contributed by atoms with Crippen molar-refractivity contribution in [2.45, 2.75) is 36.7 Å². The standard InChI is InChI=1S/C18H28ClN7O3/c1-26-6-2-3-12(10-26)29-14-4-5-21-9-13(14)24-18(27)15(16(20)25-28)17-22-7-11(19)8-23-17/h4-5,9,11-12,15-17,22-23H,2-3,6-8,10,20H2,1H3,(H,24,27). The van der Waals surface area contributed by atoms with Crippen molar-refractivity contribution >= 4 is 23.2 Å². The van der Waals surface area contributed by atoms with E-state index in [0.29, 0.717) is 24.5 Å². The number of halogens is 1. The number of hydrogen-bond donors (Lipinski definition) is 4. The number of hydrogen-bond acceptors (Lipinski definition) is 9. The van der Waals surface area contributed by atoms with Crippen LogP contribution < -0.4 is 26.4 Å². The predicted molar refractivity (Wildman–Crippen MR) is 111 cm³/mol. The molecule has 1 amide bonds. The van der Waals surface area contributed by atoms with Crippen molar-refractivity contribution in [1.29, 1.82) is 0 Å². The second-order valence-corrected chi connectivity index (χ2v) is 8.14. The first kappa shape index (κ1) is 21.8. The maximum Gasteiger partial charge on any atom is 0.234 e. The van der Waals surface area contributed by atoms with Crippen LogP contribution in [0, 0.1) is 10.8 Å². The molecule has 0 aromatic carbocycles. The van der Waals surface area contributed by atoms with E-state index in [2.05, 4.69) is 38.1 Å². The first-order valence-corrected chi connectivity index (χ1v) is 10.2. The lowest BCUT2D eigenvalue weighted by atomic mass is 9.99. The number of alkyl halides is 1. The molecule has 3 rings (SSSR count). The van der Waals surface area contributed by atoms with E-state index in [0.717, 1.165) is 25.9 Å². The number of carbonyl (C=O) groups excluding carboxylic acids is 1. The quantitative estimate of drug-likeness (QED) is 0.361. The molecular formula is C18H28ClN7O3. The molecule has 5 N–H and O–H groups in total. The van der Waals surface area contributed by atoms with Gasteiger partial charge in [-0.15, -0.1) is 16.5 Å². The molecule has 29 heavy (non-hydrogen) atoms. The number of nitroso groups, excluding NO2 is 1. The number of carbonyl (C=O) groups is 1. The molecule has 0 spiro atoms. The highest BCUT2D eigenvalue weighted by Crippen LogP contribution is 2.27. The van der Waals surface area contributed by atoms with Crippen LogP contribution in [0.25, 0.3) is 0 Å². The number of aromatic nitrogens is 1. The summed E-state index contributed by atoms with van der Waals surface area (Å²) in [7, 11) is 2.05.